The Hall–Kier alpha value is -1.47. The Labute approximate surface area is 124 Å². The molecular formula is C16H20N2OS. The fraction of sp³-hybridized carbons (Fsp3) is 0.500. The molecule has 1 aromatic carbocycles. The van der Waals surface area contributed by atoms with Crippen molar-refractivity contribution in [2.75, 3.05) is 5.75 Å². The Bertz CT molecular complexity index is 489. The third-order valence-corrected chi connectivity index (χ3v) is 4.53. The molecule has 106 valence electrons. The summed E-state index contributed by atoms with van der Waals surface area (Å²) in [7, 11) is 0. The van der Waals surface area contributed by atoms with Crippen LogP contribution < -0.4 is 5.32 Å². The molecule has 0 heterocycles. The Balaban J connectivity index is 1.69. The number of thioether (sulfide) groups is 1. The highest BCUT2D eigenvalue weighted by atomic mass is 32.2. The Morgan fingerprint density at radius 2 is 2.15 bits per heavy atom. The maximum atomic E-state index is 11.8. The fourth-order valence-electron chi connectivity index (χ4n) is 2.51. The van der Waals surface area contributed by atoms with Gasteiger partial charge in [-0.2, -0.15) is 5.26 Å². The van der Waals surface area contributed by atoms with Crippen molar-refractivity contribution in [3.05, 3.63) is 35.4 Å². The average Bonchev–Trinajstić information content (AvgIpc) is 2.48. The number of hydrogen-bond acceptors (Lipinski definition) is 3. The van der Waals surface area contributed by atoms with Crippen molar-refractivity contribution >= 4 is 17.7 Å². The molecule has 0 bridgehead atoms. The molecule has 1 saturated carbocycles. The molecule has 20 heavy (non-hydrogen) atoms. The van der Waals surface area contributed by atoms with E-state index in [0.29, 0.717) is 17.4 Å². The minimum atomic E-state index is 0.137. The van der Waals surface area contributed by atoms with Gasteiger partial charge in [0, 0.05) is 11.8 Å². The van der Waals surface area contributed by atoms with Crippen LogP contribution in [0, 0.1) is 11.3 Å². The van der Waals surface area contributed by atoms with E-state index in [1.807, 2.05) is 18.2 Å². The zero-order valence-corrected chi connectivity index (χ0v) is 12.4. The van der Waals surface area contributed by atoms with Crippen LogP contribution in [0.25, 0.3) is 0 Å². The first-order chi connectivity index (χ1) is 9.78. The Morgan fingerprint density at radius 1 is 1.35 bits per heavy atom. The number of hydrogen-bond donors (Lipinski definition) is 1. The normalized spacial score (nSPS) is 15.6. The molecule has 2 rings (SSSR count). The zero-order valence-electron chi connectivity index (χ0n) is 11.6. The lowest BCUT2D eigenvalue weighted by molar-refractivity contribution is -0.119. The number of amides is 1. The van der Waals surface area contributed by atoms with E-state index in [1.165, 1.54) is 19.3 Å². The van der Waals surface area contributed by atoms with Crippen LogP contribution >= 0.6 is 11.8 Å². The number of carbonyl (C=O) groups excluding carboxylic acids is 1. The summed E-state index contributed by atoms with van der Waals surface area (Å²) in [6, 6.07) is 10.1. The van der Waals surface area contributed by atoms with Gasteiger partial charge in [-0.05, 0) is 30.5 Å². The summed E-state index contributed by atoms with van der Waals surface area (Å²) in [6.07, 6.45) is 6.02. The lowest BCUT2D eigenvalue weighted by atomic mass is 9.95. The van der Waals surface area contributed by atoms with Gasteiger partial charge in [0.25, 0.3) is 0 Å². The molecule has 0 aliphatic heterocycles. The van der Waals surface area contributed by atoms with E-state index in [2.05, 4.69) is 11.4 Å². The molecule has 1 aromatic rings. The van der Waals surface area contributed by atoms with Gasteiger partial charge in [-0.3, -0.25) is 4.79 Å². The van der Waals surface area contributed by atoms with Crippen LogP contribution in [0.1, 0.15) is 43.2 Å². The first-order valence-electron chi connectivity index (χ1n) is 7.14. The Morgan fingerprint density at radius 3 is 2.90 bits per heavy atom. The summed E-state index contributed by atoms with van der Waals surface area (Å²) in [5, 5.41) is 12.0. The van der Waals surface area contributed by atoms with Crippen LogP contribution in [0.5, 0.6) is 0 Å². The van der Waals surface area contributed by atoms with Gasteiger partial charge in [0.05, 0.1) is 17.4 Å². The van der Waals surface area contributed by atoms with Crippen molar-refractivity contribution in [2.24, 2.45) is 0 Å². The third-order valence-electron chi connectivity index (χ3n) is 3.53. The maximum absolute atomic E-state index is 11.8. The van der Waals surface area contributed by atoms with Crippen molar-refractivity contribution in [3.8, 4) is 6.07 Å². The maximum Gasteiger partial charge on any atom is 0.230 e. The predicted octanol–water partition coefficient (Wildman–Crippen LogP) is 3.24. The van der Waals surface area contributed by atoms with E-state index < -0.39 is 0 Å². The highest BCUT2D eigenvalue weighted by molar-refractivity contribution is 7.99. The minimum Gasteiger partial charge on any atom is -0.353 e. The van der Waals surface area contributed by atoms with Crippen molar-refractivity contribution in [1.29, 1.82) is 5.26 Å². The fourth-order valence-corrected chi connectivity index (χ4v) is 3.29. The van der Waals surface area contributed by atoms with Crippen LogP contribution in [0.15, 0.2) is 24.3 Å². The number of nitrogens with one attached hydrogen (secondary N) is 1. The van der Waals surface area contributed by atoms with E-state index in [0.717, 1.165) is 24.2 Å². The zero-order chi connectivity index (χ0) is 14.2. The summed E-state index contributed by atoms with van der Waals surface area (Å²) in [6.45, 7) is 0. The van der Waals surface area contributed by atoms with Gasteiger partial charge < -0.3 is 5.32 Å². The van der Waals surface area contributed by atoms with Gasteiger partial charge in [0.1, 0.15) is 0 Å². The molecule has 1 amide bonds. The molecule has 3 nitrogen and oxygen atoms in total. The van der Waals surface area contributed by atoms with Crippen molar-refractivity contribution in [1.82, 2.24) is 5.32 Å². The molecule has 1 aliphatic rings. The lowest BCUT2D eigenvalue weighted by Crippen LogP contribution is -2.37. The molecule has 1 N–H and O–H groups in total. The SMILES string of the molecule is N#Cc1cccc(CSCC(=O)NC2CCCCC2)c1. The molecule has 0 atom stereocenters. The van der Waals surface area contributed by atoms with Gasteiger partial charge in [-0.1, -0.05) is 31.4 Å². The summed E-state index contributed by atoms with van der Waals surface area (Å²) in [5.74, 6) is 1.40. The van der Waals surface area contributed by atoms with Crippen molar-refractivity contribution in [3.63, 3.8) is 0 Å². The molecule has 1 fully saturated rings. The van der Waals surface area contributed by atoms with Gasteiger partial charge >= 0.3 is 0 Å². The predicted molar refractivity (Wildman–Crippen MR) is 82.3 cm³/mol. The first-order valence-corrected chi connectivity index (χ1v) is 8.29. The van der Waals surface area contributed by atoms with Gasteiger partial charge in [0.2, 0.25) is 5.91 Å². The molecule has 1 aliphatic carbocycles. The molecule has 0 unspecified atom stereocenters. The second-order valence-electron chi connectivity index (χ2n) is 5.21. The lowest BCUT2D eigenvalue weighted by Gasteiger charge is -2.22. The highest BCUT2D eigenvalue weighted by Gasteiger charge is 2.15. The van der Waals surface area contributed by atoms with Crippen molar-refractivity contribution < 1.29 is 4.79 Å². The van der Waals surface area contributed by atoms with Crippen LogP contribution in [-0.2, 0) is 10.5 Å². The second kappa shape index (κ2) is 7.96. The Kier molecular flexibility index (Phi) is 5.94. The first kappa shape index (κ1) is 14.9. The highest BCUT2D eigenvalue weighted by Crippen LogP contribution is 2.18. The third kappa shape index (κ3) is 4.90. The number of benzene rings is 1. The van der Waals surface area contributed by atoms with Gasteiger partial charge in [-0.15, -0.1) is 11.8 Å². The van der Waals surface area contributed by atoms with Gasteiger partial charge in [-0.25, -0.2) is 0 Å². The molecular weight excluding hydrogens is 268 g/mol. The van der Waals surface area contributed by atoms with E-state index in [4.69, 9.17) is 5.26 Å². The van der Waals surface area contributed by atoms with E-state index in [1.54, 1.807) is 17.8 Å². The number of rotatable bonds is 5. The summed E-state index contributed by atoms with van der Waals surface area (Å²) in [4.78, 5) is 11.8. The van der Waals surface area contributed by atoms with E-state index >= 15 is 0 Å². The molecule has 0 aromatic heterocycles. The molecule has 4 heteroatoms. The summed E-state index contributed by atoms with van der Waals surface area (Å²) >= 11 is 1.60. The summed E-state index contributed by atoms with van der Waals surface area (Å²) < 4.78 is 0. The number of carbonyl (C=O) groups is 1. The van der Waals surface area contributed by atoms with Crippen LogP contribution in [0.4, 0.5) is 0 Å². The molecule has 0 saturated heterocycles. The standard InChI is InChI=1S/C16H20N2OS/c17-10-13-5-4-6-14(9-13)11-20-12-16(19)18-15-7-2-1-3-8-15/h4-6,9,15H,1-3,7-8,11-12H2,(H,18,19). The van der Waals surface area contributed by atoms with Crippen molar-refractivity contribution in [2.45, 2.75) is 43.9 Å². The second-order valence-corrected chi connectivity index (χ2v) is 6.19. The van der Waals surface area contributed by atoms with Crippen LogP contribution in [0.3, 0.4) is 0 Å². The number of nitriles is 1. The number of nitrogens with zero attached hydrogens (tertiary/aromatic N) is 1. The monoisotopic (exact) mass is 288 g/mol. The van der Waals surface area contributed by atoms with Crippen LogP contribution in [-0.4, -0.2) is 17.7 Å². The van der Waals surface area contributed by atoms with Crippen LogP contribution in [0.2, 0.25) is 0 Å². The summed E-state index contributed by atoms with van der Waals surface area (Å²) in [5.41, 5.74) is 1.77. The minimum absolute atomic E-state index is 0.137. The quantitative estimate of drug-likeness (QED) is 0.905. The van der Waals surface area contributed by atoms with E-state index in [-0.39, 0.29) is 5.91 Å². The molecule has 0 radical (unpaired) electrons. The van der Waals surface area contributed by atoms with E-state index in [9.17, 15) is 4.79 Å². The average molecular weight is 288 g/mol. The smallest absolute Gasteiger partial charge is 0.230 e. The largest absolute Gasteiger partial charge is 0.353 e. The van der Waals surface area contributed by atoms with Gasteiger partial charge in [0.15, 0.2) is 0 Å². The molecule has 0 spiro atoms. The topological polar surface area (TPSA) is 52.9 Å².